The van der Waals surface area contributed by atoms with Crippen molar-refractivity contribution in [2.45, 2.75) is 19.9 Å². The number of halogens is 1. The van der Waals surface area contributed by atoms with Gasteiger partial charge >= 0.3 is 0 Å². The molecule has 0 saturated heterocycles. The molecule has 132 valence electrons. The Morgan fingerprint density at radius 1 is 1.32 bits per heavy atom. The van der Waals surface area contributed by atoms with Gasteiger partial charge in [0.25, 0.3) is 0 Å². The summed E-state index contributed by atoms with van der Waals surface area (Å²) in [5.74, 6) is 1.83. The van der Waals surface area contributed by atoms with Crippen molar-refractivity contribution in [1.29, 1.82) is 0 Å². The van der Waals surface area contributed by atoms with E-state index in [4.69, 9.17) is 4.99 Å². The fourth-order valence-corrected chi connectivity index (χ4v) is 4.07. The summed E-state index contributed by atoms with van der Waals surface area (Å²) >= 11 is 5.26. The summed E-state index contributed by atoms with van der Waals surface area (Å²) in [5, 5.41) is 11.8. The summed E-state index contributed by atoms with van der Waals surface area (Å²) in [7, 11) is 2.06. The lowest BCUT2D eigenvalue weighted by Gasteiger charge is -2.21. The van der Waals surface area contributed by atoms with Gasteiger partial charge in [0.05, 0.1) is 10.3 Å². The van der Waals surface area contributed by atoms with Crippen molar-refractivity contribution in [3.05, 3.63) is 51.0 Å². The van der Waals surface area contributed by atoms with E-state index < -0.39 is 0 Å². The molecule has 3 heterocycles. The van der Waals surface area contributed by atoms with Gasteiger partial charge in [-0.05, 0) is 47.1 Å². The van der Waals surface area contributed by atoms with Crippen molar-refractivity contribution in [3.63, 3.8) is 0 Å². The quantitative estimate of drug-likeness (QED) is 0.491. The summed E-state index contributed by atoms with van der Waals surface area (Å²) in [4.78, 5) is 8.18. The average molecular weight is 421 g/mol. The van der Waals surface area contributed by atoms with E-state index >= 15 is 0 Å². The molecule has 0 atom stereocenters. The van der Waals surface area contributed by atoms with Crippen LogP contribution in [0.15, 0.2) is 45.3 Å². The minimum Gasteiger partial charge on any atom is -0.357 e. The largest absolute Gasteiger partial charge is 0.357 e. The number of hydrogen-bond acceptors (Lipinski definition) is 4. The second-order valence-corrected chi connectivity index (χ2v) is 8.14. The second kappa shape index (κ2) is 8.44. The van der Waals surface area contributed by atoms with Gasteiger partial charge in [-0.25, -0.2) is 0 Å². The molecule has 3 aromatic rings. The maximum Gasteiger partial charge on any atom is 0.193 e. The van der Waals surface area contributed by atoms with Gasteiger partial charge in [-0.1, -0.05) is 6.07 Å². The first-order valence-electron chi connectivity index (χ1n) is 8.19. The molecular formula is C17H21BrN6S. The lowest BCUT2D eigenvalue weighted by Crippen LogP contribution is -2.38. The molecule has 0 aromatic carbocycles. The Kier molecular flexibility index (Phi) is 6.04. The highest BCUT2D eigenvalue weighted by molar-refractivity contribution is 9.11. The lowest BCUT2D eigenvalue weighted by atomic mass is 10.4. The number of nitrogens with one attached hydrogen (secondary N) is 1. The zero-order valence-electron chi connectivity index (χ0n) is 14.3. The molecule has 1 N–H and O–H groups in total. The highest BCUT2D eigenvalue weighted by Crippen LogP contribution is 2.22. The topological polar surface area (TPSA) is 57.8 Å². The Morgan fingerprint density at radius 3 is 2.96 bits per heavy atom. The number of fused-ring (bicyclic) bond motifs is 1. The molecule has 8 heteroatoms. The average Bonchev–Trinajstić information content (AvgIpc) is 3.20. The lowest BCUT2D eigenvalue weighted by molar-refractivity contribution is 0.481. The summed E-state index contributed by atoms with van der Waals surface area (Å²) < 4.78 is 3.16. The van der Waals surface area contributed by atoms with E-state index in [9.17, 15) is 0 Å². The van der Waals surface area contributed by atoms with Crippen molar-refractivity contribution in [2.24, 2.45) is 4.99 Å². The Hall–Kier alpha value is -1.93. The first-order chi connectivity index (χ1) is 12.2. The van der Waals surface area contributed by atoms with Gasteiger partial charge in [0, 0.05) is 37.6 Å². The number of hydrogen-bond donors (Lipinski definition) is 1. The van der Waals surface area contributed by atoms with Crippen molar-refractivity contribution >= 4 is 38.9 Å². The van der Waals surface area contributed by atoms with Crippen molar-refractivity contribution in [2.75, 3.05) is 20.1 Å². The molecule has 0 aliphatic heterocycles. The molecule has 0 aliphatic rings. The number of pyridine rings is 1. The highest BCUT2D eigenvalue weighted by Gasteiger charge is 2.09. The Morgan fingerprint density at radius 2 is 2.20 bits per heavy atom. The number of guanidine groups is 1. The zero-order chi connectivity index (χ0) is 17.6. The first-order valence-corrected chi connectivity index (χ1v) is 9.80. The maximum atomic E-state index is 4.74. The van der Waals surface area contributed by atoms with Gasteiger partial charge in [-0.15, -0.1) is 21.5 Å². The fourth-order valence-electron chi connectivity index (χ4n) is 2.54. The first kappa shape index (κ1) is 17.9. The van der Waals surface area contributed by atoms with Crippen LogP contribution in [0.5, 0.6) is 0 Å². The van der Waals surface area contributed by atoms with Gasteiger partial charge in [0.1, 0.15) is 5.82 Å². The van der Waals surface area contributed by atoms with Gasteiger partial charge in [-0.2, -0.15) is 0 Å². The number of nitrogens with zero attached hydrogens (tertiary/aromatic N) is 5. The van der Waals surface area contributed by atoms with E-state index in [0.717, 1.165) is 40.7 Å². The molecule has 0 bridgehead atoms. The molecule has 0 spiro atoms. The smallest absolute Gasteiger partial charge is 0.193 e. The third-order valence-electron chi connectivity index (χ3n) is 3.70. The normalized spacial score (nSPS) is 11.9. The fraction of sp³-hybridized carbons (Fsp3) is 0.353. The van der Waals surface area contributed by atoms with Gasteiger partial charge in [-0.3, -0.25) is 9.39 Å². The van der Waals surface area contributed by atoms with E-state index in [0.29, 0.717) is 6.54 Å². The van der Waals surface area contributed by atoms with Crippen LogP contribution in [-0.4, -0.2) is 45.6 Å². The molecule has 0 unspecified atom stereocenters. The maximum absolute atomic E-state index is 4.74. The highest BCUT2D eigenvalue weighted by atomic mass is 79.9. The standard InChI is InChI=1S/C17H21BrN6S/c1-3-19-17(23(2)12-13-7-8-14(18)25-13)20-10-9-16-22-21-15-6-4-5-11-24(15)16/h4-8,11H,3,9-10,12H2,1-2H3,(H,19,20). The third kappa shape index (κ3) is 4.58. The molecule has 0 fully saturated rings. The summed E-state index contributed by atoms with van der Waals surface area (Å²) in [6.07, 6.45) is 2.73. The molecule has 25 heavy (non-hydrogen) atoms. The van der Waals surface area contributed by atoms with Crippen molar-refractivity contribution in [3.8, 4) is 0 Å². The van der Waals surface area contributed by atoms with Crippen LogP contribution in [0.4, 0.5) is 0 Å². The van der Waals surface area contributed by atoms with Crippen LogP contribution in [0, 0.1) is 0 Å². The molecule has 0 saturated carbocycles. The second-order valence-electron chi connectivity index (χ2n) is 5.59. The summed E-state index contributed by atoms with van der Waals surface area (Å²) in [6.45, 7) is 4.41. The van der Waals surface area contributed by atoms with Crippen LogP contribution < -0.4 is 5.32 Å². The minimum atomic E-state index is 0.663. The van der Waals surface area contributed by atoms with E-state index in [1.165, 1.54) is 4.88 Å². The molecule has 0 amide bonds. The van der Waals surface area contributed by atoms with E-state index in [-0.39, 0.29) is 0 Å². The van der Waals surface area contributed by atoms with Crippen LogP contribution >= 0.6 is 27.3 Å². The van der Waals surface area contributed by atoms with Crippen molar-refractivity contribution < 1.29 is 0 Å². The van der Waals surface area contributed by atoms with Crippen LogP contribution in [0.25, 0.3) is 5.65 Å². The van der Waals surface area contributed by atoms with Gasteiger partial charge < -0.3 is 10.2 Å². The van der Waals surface area contributed by atoms with Crippen molar-refractivity contribution in [1.82, 2.24) is 24.8 Å². The van der Waals surface area contributed by atoms with Gasteiger partial charge in [0.2, 0.25) is 0 Å². The SMILES string of the molecule is CCNC(=NCCc1nnc2ccccn12)N(C)Cc1ccc(Br)s1. The summed E-state index contributed by atoms with van der Waals surface area (Å²) in [6, 6.07) is 10.1. The van der Waals surface area contributed by atoms with Crippen LogP contribution in [0.1, 0.15) is 17.6 Å². The predicted octanol–water partition coefficient (Wildman–Crippen LogP) is 3.19. The van der Waals surface area contributed by atoms with Crippen LogP contribution in [0.2, 0.25) is 0 Å². The Bertz CT molecular complexity index is 856. The molecule has 3 aromatic heterocycles. The predicted molar refractivity (Wildman–Crippen MR) is 106 cm³/mol. The molecule has 3 rings (SSSR count). The van der Waals surface area contributed by atoms with Crippen LogP contribution in [-0.2, 0) is 13.0 Å². The molecular weight excluding hydrogens is 400 g/mol. The van der Waals surface area contributed by atoms with Gasteiger partial charge in [0.15, 0.2) is 11.6 Å². The number of thiophene rings is 1. The molecule has 6 nitrogen and oxygen atoms in total. The third-order valence-corrected chi connectivity index (χ3v) is 5.31. The summed E-state index contributed by atoms with van der Waals surface area (Å²) in [5.41, 5.74) is 0.869. The van der Waals surface area contributed by atoms with E-state index in [1.54, 1.807) is 11.3 Å². The Labute approximate surface area is 159 Å². The number of aliphatic imine (C=N–C) groups is 1. The van der Waals surface area contributed by atoms with E-state index in [2.05, 4.69) is 62.4 Å². The van der Waals surface area contributed by atoms with Crippen LogP contribution in [0.3, 0.4) is 0 Å². The monoisotopic (exact) mass is 420 g/mol. The van der Waals surface area contributed by atoms with E-state index in [1.807, 2.05) is 28.8 Å². The molecule has 0 radical (unpaired) electrons. The Balaban J connectivity index is 1.65. The number of aromatic nitrogens is 3. The minimum absolute atomic E-state index is 0.663. The number of rotatable bonds is 6. The zero-order valence-corrected chi connectivity index (χ0v) is 16.7. The molecule has 0 aliphatic carbocycles.